The molecule has 2 rings (SSSR count). The molecule has 0 bridgehead atoms. The van der Waals surface area contributed by atoms with Crippen LogP contribution < -0.4 is 5.73 Å². The van der Waals surface area contributed by atoms with Crippen molar-refractivity contribution in [1.29, 1.82) is 0 Å². The number of nitrogens with two attached hydrogens (primary N) is 1. The van der Waals surface area contributed by atoms with Crippen molar-refractivity contribution in [3.63, 3.8) is 0 Å². The Hall–Kier alpha value is -0.760. The van der Waals surface area contributed by atoms with E-state index in [-0.39, 0.29) is 5.82 Å². The van der Waals surface area contributed by atoms with Gasteiger partial charge in [0.15, 0.2) is 5.82 Å². The fourth-order valence-corrected chi connectivity index (χ4v) is 2.10. The second kappa shape index (κ2) is 4.85. The molecule has 3 nitrogen and oxygen atoms in total. The first-order chi connectivity index (χ1) is 7.97. The second-order valence-corrected chi connectivity index (χ2v) is 5.48. The van der Waals surface area contributed by atoms with Crippen LogP contribution in [-0.2, 0) is 0 Å². The zero-order valence-electron chi connectivity index (χ0n) is 8.84. The minimum Gasteiger partial charge on any atom is -0.383 e. The van der Waals surface area contributed by atoms with E-state index in [4.69, 9.17) is 5.73 Å². The van der Waals surface area contributed by atoms with E-state index >= 15 is 0 Å². The summed E-state index contributed by atoms with van der Waals surface area (Å²) in [6, 6.07) is 4.52. The monoisotopic (exact) mass is 407 g/mol. The Kier molecular flexibility index (Phi) is 3.62. The highest BCUT2D eigenvalue weighted by molar-refractivity contribution is 14.1. The van der Waals surface area contributed by atoms with E-state index in [1.807, 2.05) is 6.92 Å². The van der Waals surface area contributed by atoms with Crippen molar-refractivity contribution >= 4 is 44.3 Å². The van der Waals surface area contributed by atoms with Crippen LogP contribution >= 0.6 is 38.5 Å². The minimum absolute atomic E-state index is 0.340. The number of nitrogen functional groups attached to an aromatic ring is 1. The van der Waals surface area contributed by atoms with Crippen molar-refractivity contribution in [3.05, 3.63) is 37.8 Å². The zero-order chi connectivity index (χ0) is 12.6. The standard InChI is InChI=1S/C11H8BrFIN3/c1-5-9(14)10(15)17-11(16-5)6-2-7(12)4-8(13)3-6/h2-4H,1H3,(H2,15,16,17). The quantitative estimate of drug-likeness (QED) is 0.735. The van der Waals surface area contributed by atoms with Crippen LogP contribution in [0.1, 0.15) is 5.69 Å². The van der Waals surface area contributed by atoms with Crippen LogP contribution in [-0.4, -0.2) is 9.97 Å². The van der Waals surface area contributed by atoms with Crippen LogP contribution in [0.25, 0.3) is 11.4 Å². The molecule has 0 amide bonds. The summed E-state index contributed by atoms with van der Waals surface area (Å²) in [5.41, 5.74) is 7.16. The summed E-state index contributed by atoms with van der Waals surface area (Å²) in [6.07, 6.45) is 0. The maximum absolute atomic E-state index is 13.3. The summed E-state index contributed by atoms with van der Waals surface area (Å²) >= 11 is 5.32. The molecule has 17 heavy (non-hydrogen) atoms. The van der Waals surface area contributed by atoms with Gasteiger partial charge in [-0.3, -0.25) is 0 Å². The fraction of sp³-hybridized carbons (Fsp3) is 0.0909. The number of hydrogen-bond acceptors (Lipinski definition) is 3. The molecule has 2 N–H and O–H groups in total. The molecule has 0 saturated carbocycles. The maximum Gasteiger partial charge on any atom is 0.161 e. The molecule has 0 fully saturated rings. The molecule has 0 unspecified atom stereocenters. The largest absolute Gasteiger partial charge is 0.383 e. The number of rotatable bonds is 1. The lowest BCUT2D eigenvalue weighted by Crippen LogP contribution is -2.02. The van der Waals surface area contributed by atoms with Gasteiger partial charge in [-0.1, -0.05) is 15.9 Å². The second-order valence-electron chi connectivity index (χ2n) is 3.49. The van der Waals surface area contributed by atoms with Gasteiger partial charge < -0.3 is 5.73 Å². The number of aryl methyl sites for hydroxylation is 1. The molecule has 0 aliphatic carbocycles. The molecule has 1 aromatic heterocycles. The molecule has 0 aliphatic heterocycles. The molecular weight excluding hydrogens is 400 g/mol. The molecule has 0 spiro atoms. The Morgan fingerprint density at radius 2 is 2.00 bits per heavy atom. The van der Waals surface area contributed by atoms with Crippen molar-refractivity contribution in [3.8, 4) is 11.4 Å². The Labute approximate surface area is 120 Å². The first kappa shape index (κ1) is 12.7. The smallest absolute Gasteiger partial charge is 0.161 e. The summed E-state index contributed by atoms with van der Waals surface area (Å²) in [5.74, 6) is 0.502. The van der Waals surface area contributed by atoms with Gasteiger partial charge >= 0.3 is 0 Å². The number of nitrogens with zero attached hydrogens (tertiary/aromatic N) is 2. The van der Waals surface area contributed by atoms with E-state index < -0.39 is 0 Å². The van der Waals surface area contributed by atoms with E-state index in [0.29, 0.717) is 21.7 Å². The third kappa shape index (κ3) is 2.74. The summed E-state index contributed by atoms with van der Waals surface area (Å²) in [5, 5.41) is 0. The fourth-order valence-electron chi connectivity index (χ4n) is 1.39. The number of halogens is 3. The summed E-state index contributed by atoms with van der Waals surface area (Å²) < 4.78 is 14.7. The number of benzene rings is 1. The molecule has 6 heteroatoms. The van der Waals surface area contributed by atoms with E-state index in [1.165, 1.54) is 12.1 Å². The van der Waals surface area contributed by atoms with Crippen molar-refractivity contribution in [2.24, 2.45) is 0 Å². The van der Waals surface area contributed by atoms with Crippen LogP contribution in [0.2, 0.25) is 0 Å². The maximum atomic E-state index is 13.3. The number of anilines is 1. The number of hydrogen-bond donors (Lipinski definition) is 1. The van der Waals surface area contributed by atoms with Crippen molar-refractivity contribution in [2.45, 2.75) is 6.92 Å². The van der Waals surface area contributed by atoms with Crippen molar-refractivity contribution in [2.75, 3.05) is 5.73 Å². The van der Waals surface area contributed by atoms with Crippen LogP contribution in [0.3, 0.4) is 0 Å². The highest BCUT2D eigenvalue weighted by Crippen LogP contribution is 2.25. The first-order valence-corrected chi connectivity index (χ1v) is 6.60. The lowest BCUT2D eigenvalue weighted by Gasteiger charge is -2.06. The molecule has 0 radical (unpaired) electrons. The van der Waals surface area contributed by atoms with Crippen LogP contribution in [0, 0.1) is 16.3 Å². The Morgan fingerprint density at radius 1 is 1.29 bits per heavy atom. The third-order valence-corrected chi connectivity index (χ3v) is 3.95. The Balaban J connectivity index is 2.60. The van der Waals surface area contributed by atoms with Gasteiger partial charge in [0, 0.05) is 10.0 Å². The van der Waals surface area contributed by atoms with Gasteiger partial charge in [-0.2, -0.15) is 0 Å². The summed E-state index contributed by atoms with van der Waals surface area (Å²) in [6.45, 7) is 1.84. The van der Waals surface area contributed by atoms with E-state index in [2.05, 4.69) is 48.5 Å². The van der Waals surface area contributed by atoms with Gasteiger partial charge in [0.2, 0.25) is 0 Å². The first-order valence-electron chi connectivity index (χ1n) is 4.73. The Morgan fingerprint density at radius 3 is 2.59 bits per heavy atom. The Bertz CT molecular complexity index is 546. The molecule has 2 aromatic rings. The highest BCUT2D eigenvalue weighted by Gasteiger charge is 2.09. The van der Waals surface area contributed by atoms with Gasteiger partial charge in [-0.15, -0.1) is 0 Å². The van der Waals surface area contributed by atoms with Crippen LogP contribution in [0.4, 0.5) is 10.2 Å². The lowest BCUT2D eigenvalue weighted by atomic mass is 10.2. The van der Waals surface area contributed by atoms with E-state index in [0.717, 1.165) is 9.26 Å². The van der Waals surface area contributed by atoms with Gasteiger partial charge in [0.1, 0.15) is 11.6 Å². The SMILES string of the molecule is Cc1nc(-c2cc(F)cc(Br)c2)nc(N)c1I. The highest BCUT2D eigenvalue weighted by atomic mass is 127. The predicted molar refractivity (Wildman–Crippen MR) is 77.0 cm³/mol. The van der Waals surface area contributed by atoms with Crippen LogP contribution in [0.15, 0.2) is 22.7 Å². The minimum atomic E-state index is -0.340. The molecule has 1 aromatic carbocycles. The van der Waals surface area contributed by atoms with E-state index in [9.17, 15) is 4.39 Å². The topological polar surface area (TPSA) is 51.8 Å². The number of aromatic nitrogens is 2. The summed E-state index contributed by atoms with van der Waals surface area (Å²) in [7, 11) is 0. The molecule has 1 heterocycles. The molecule has 88 valence electrons. The molecule has 0 atom stereocenters. The molecular formula is C11H8BrFIN3. The van der Waals surface area contributed by atoms with Gasteiger partial charge in [-0.25, -0.2) is 14.4 Å². The van der Waals surface area contributed by atoms with Gasteiger partial charge in [-0.05, 0) is 47.7 Å². The molecule has 0 aliphatic rings. The normalized spacial score (nSPS) is 10.6. The average Bonchev–Trinajstić information content (AvgIpc) is 2.23. The van der Waals surface area contributed by atoms with Gasteiger partial charge in [0.05, 0.1) is 9.26 Å². The summed E-state index contributed by atoms with van der Waals surface area (Å²) in [4.78, 5) is 8.46. The van der Waals surface area contributed by atoms with Gasteiger partial charge in [0.25, 0.3) is 0 Å². The van der Waals surface area contributed by atoms with Crippen molar-refractivity contribution in [1.82, 2.24) is 9.97 Å². The predicted octanol–water partition coefficient (Wildman–Crippen LogP) is 3.54. The lowest BCUT2D eigenvalue weighted by molar-refractivity contribution is 0.627. The third-order valence-electron chi connectivity index (χ3n) is 2.16. The van der Waals surface area contributed by atoms with E-state index in [1.54, 1.807) is 6.07 Å². The average molecular weight is 408 g/mol. The van der Waals surface area contributed by atoms with Crippen molar-refractivity contribution < 1.29 is 4.39 Å². The zero-order valence-corrected chi connectivity index (χ0v) is 12.6. The molecule has 0 saturated heterocycles. The van der Waals surface area contributed by atoms with Crippen LogP contribution in [0.5, 0.6) is 0 Å².